The third kappa shape index (κ3) is 3.29. The number of benzene rings is 2. The van der Waals surface area contributed by atoms with E-state index in [4.69, 9.17) is 0 Å². The molecule has 0 aliphatic heterocycles. The van der Waals surface area contributed by atoms with E-state index in [9.17, 15) is 14.4 Å². The first-order chi connectivity index (χ1) is 13.6. The number of hydrazone groups is 1. The summed E-state index contributed by atoms with van der Waals surface area (Å²) in [6.07, 6.45) is 1.92. The van der Waals surface area contributed by atoms with Crippen molar-refractivity contribution in [1.29, 1.82) is 0 Å². The molecule has 140 valence electrons. The van der Waals surface area contributed by atoms with Gasteiger partial charge < -0.3 is 4.98 Å². The molecule has 0 saturated heterocycles. The van der Waals surface area contributed by atoms with E-state index in [1.807, 2.05) is 60.7 Å². The van der Waals surface area contributed by atoms with Crippen LogP contribution in [-0.2, 0) is 10.2 Å². The summed E-state index contributed by atoms with van der Waals surface area (Å²) in [5.41, 5.74) is 3.37. The Balaban J connectivity index is 1.55. The molecule has 7 heteroatoms. The number of H-pyrrole nitrogens is 2. The van der Waals surface area contributed by atoms with Gasteiger partial charge in [0, 0.05) is 11.5 Å². The molecule has 1 aromatic heterocycles. The molecule has 7 nitrogen and oxygen atoms in total. The highest BCUT2D eigenvalue weighted by Crippen LogP contribution is 2.58. The van der Waals surface area contributed by atoms with Crippen LogP contribution in [0.25, 0.3) is 0 Å². The molecule has 2 aromatic carbocycles. The second-order valence-corrected chi connectivity index (χ2v) is 6.74. The number of hydrogen-bond acceptors (Lipinski definition) is 4. The molecule has 0 spiro atoms. The minimum Gasteiger partial charge on any atom is -0.306 e. The van der Waals surface area contributed by atoms with E-state index in [0.29, 0.717) is 6.42 Å². The van der Waals surface area contributed by atoms with Crippen LogP contribution in [0.5, 0.6) is 0 Å². The van der Waals surface area contributed by atoms with Gasteiger partial charge in [0.05, 0.1) is 17.8 Å². The van der Waals surface area contributed by atoms with Crippen molar-refractivity contribution in [1.82, 2.24) is 15.4 Å². The van der Waals surface area contributed by atoms with E-state index >= 15 is 0 Å². The standard InChI is InChI=1S/C21H18N4O3/c26-18-11-16(23-20(28)24-18)13-22-25-19(27)17-12-21(17,14-7-3-1-4-8-14)15-9-5-2-6-10-15/h1-11,13,17H,12H2,(H,25,27)(H2,23,24,26,28)/b22-13+. The molecule has 3 aromatic rings. The van der Waals surface area contributed by atoms with Gasteiger partial charge in [0.25, 0.3) is 5.56 Å². The zero-order valence-corrected chi connectivity index (χ0v) is 14.9. The average molecular weight is 374 g/mol. The Bertz CT molecular complexity index is 1070. The zero-order chi connectivity index (χ0) is 19.6. The molecule has 1 unspecified atom stereocenters. The van der Waals surface area contributed by atoms with Gasteiger partial charge in [-0.3, -0.25) is 14.6 Å². The van der Waals surface area contributed by atoms with Crippen LogP contribution in [0.4, 0.5) is 0 Å². The number of hydrogen-bond donors (Lipinski definition) is 3. The van der Waals surface area contributed by atoms with Gasteiger partial charge in [-0.25, -0.2) is 10.2 Å². The van der Waals surface area contributed by atoms with Crippen molar-refractivity contribution in [3.63, 3.8) is 0 Å². The van der Waals surface area contributed by atoms with Gasteiger partial charge in [-0.15, -0.1) is 0 Å². The molecule has 3 N–H and O–H groups in total. The highest BCUT2D eigenvalue weighted by molar-refractivity contribution is 5.87. The lowest BCUT2D eigenvalue weighted by Crippen LogP contribution is -2.26. The van der Waals surface area contributed by atoms with E-state index < -0.39 is 11.2 Å². The first-order valence-corrected chi connectivity index (χ1v) is 8.87. The number of carbonyl (C=O) groups is 1. The van der Waals surface area contributed by atoms with Gasteiger partial charge in [-0.2, -0.15) is 5.10 Å². The average Bonchev–Trinajstić information content (AvgIpc) is 3.46. The Morgan fingerprint density at radius 3 is 2.18 bits per heavy atom. The van der Waals surface area contributed by atoms with Crippen LogP contribution >= 0.6 is 0 Å². The lowest BCUT2D eigenvalue weighted by Gasteiger charge is -2.18. The van der Waals surface area contributed by atoms with Crippen molar-refractivity contribution >= 4 is 12.1 Å². The molecule has 1 fully saturated rings. The summed E-state index contributed by atoms with van der Waals surface area (Å²) in [5, 5.41) is 3.89. The molecule has 1 aliphatic carbocycles. The summed E-state index contributed by atoms with van der Waals surface area (Å²) in [5.74, 6) is -0.469. The molecule has 1 amide bonds. The fourth-order valence-electron chi connectivity index (χ4n) is 3.66. The lowest BCUT2D eigenvalue weighted by atomic mass is 9.85. The normalized spacial score (nSPS) is 17.4. The Labute approximate surface area is 160 Å². The maximum atomic E-state index is 12.7. The smallest absolute Gasteiger partial charge is 0.306 e. The van der Waals surface area contributed by atoms with Gasteiger partial charge in [0.15, 0.2) is 0 Å². The predicted molar refractivity (Wildman–Crippen MR) is 105 cm³/mol. The highest BCUT2D eigenvalue weighted by Gasteiger charge is 2.60. The van der Waals surface area contributed by atoms with Crippen LogP contribution in [0.1, 0.15) is 23.2 Å². The van der Waals surface area contributed by atoms with E-state index in [1.165, 1.54) is 12.3 Å². The number of carbonyl (C=O) groups excluding carboxylic acids is 1. The first kappa shape index (κ1) is 17.7. The van der Waals surface area contributed by atoms with Crippen LogP contribution in [-0.4, -0.2) is 22.1 Å². The van der Waals surface area contributed by atoms with Crippen LogP contribution in [0.2, 0.25) is 0 Å². The maximum Gasteiger partial charge on any atom is 0.326 e. The maximum absolute atomic E-state index is 12.7. The fourth-order valence-corrected chi connectivity index (χ4v) is 3.66. The van der Waals surface area contributed by atoms with Crippen LogP contribution in [0, 0.1) is 5.92 Å². The zero-order valence-electron chi connectivity index (χ0n) is 14.9. The third-order valence-electron chi connectivity index (χ3n) is 5.01. The number of amides is 1. The Hall–Kier alpha value is -3.74. The minimum absolute atomic E-state index is 0.210. The fraction of sp³-hybridized carbons (Fsp3) is 0.143. The summed E-state index contributed by atoms with van der Waals surface area (Å²) in [4.78, 5) is 39.8. The number of aromatic amines is 2. The molecule has 1 aliphatic rings. The van der Waals surface area contributed by atoms with E-state index in [-0.39, 0.29) is 22.9 Å². The second kappa shape index (κ2) is 7.11. The number of nitrogens with zero attached hydrogens (tertiary/aromatic N) is 1. The van der Waals surface area contributed by atoms with Gasteiger partial charge in [0.1, 0.15) is 0 Å². The monoisotopic (exact) mass is 374 g/mol. The highest BCUT2D eigenvalue weighted by atomic mass is 16.2. The summed E-state index contributed by atoms with van der Waals surface area (Å²) in [6, 6.07) is 21.1. The van der Waals surface area contributed by atoms with Gasteiger partial charge >= 0.3 is 5.69 Å². The Morgan fingerprint density at radius 1 is 1.00 bits per heavy atom. The molecule has 0 radical (unpaired) electrons. The van der Waals surface area contributed by atoms with E-state index in [0.717, 1.165) is 11.1 Å². The van der Waals surface area contributed by atoms with Crippen LogP contribution < -0.4 is 16.7 Å². The van der Waals surface area contributed by atoms with Crippen molar-refractivity contribution in [2.24, 2.45) is 11.0 Å². The summed E-state index contributed by atoms with van der Waals surface area (Å²) >= 11 is 0. The second-order valence-electron chi connectivity index (χ2n) is 6.74. The molecule has 1 saturated carbocycles. The molecule has 1 heterocycles. The third-order valence-corrected chi connectivity index (χ3v) is 5.01. The predicted octanol–water partition coefficient (Wildman–Crippen LogP) is 1.52. The largest absolute Gasteiger partial charge is 0.326 e. The molecule has 1 atom stereocenters. The SMILES string of the molecule is O=C(N/N=C/c1cc(=O)[nH]c(=O)[nH]1)C1CC1(c1ccccc1)c1ccccc1. The lowest BCUT2D eigenvalue weighted by molar-refractivity contribution is -0.122. The topological polar surface area (TPSA) is 107 Å². The van der Waals surface area contributed by atoms with Gasteiger partial charge in [-0.05, 0) is 17.5 Å². The van der Waals surface area contributed by atoms with E-state index in [1.54, 1.807) is 0 Å². The molecule has 28 heavy (non-hydrogen) atoms. The van der Waals surface area contributed by atoms with Crippen molar-refractivity contribution in [3.8, 4) is 0 Å². The minimum atomic E-state index is -0.630. The Kier molecular flexibility index (Phi) is 4.49. The molecule has 0 bridgehead atoms. The van der Waals surface area contributed by atoms with Crippen molar-refractivity contribution < 1.29 is 4.79 Å². The van der Waals surface area contributed by atoms with Crippen molar-refractivity contribution in [2.75, 3.05) is 0 Å². The number of rotatable bonds is 5. The van der Waals surface area contributed by atoms with Crippen molar-refractivity contribution in [3.05, 3.63) is 104 Å². The number of nitrogens with one attached hydrogen (secondary N) is 3. The Morgan fingerprint density at radius 2 is 1.61 bits per heavy atom. The van der Waals surface area contributed by atoms with Gasteiger partial charge in [0.2, 0.25) is 5.91 Å². The summed E-state index contributed by atoms with van der Waals surface area (Å²) in [6.45, 7) is 0. The van der Waals surface area contributed by atoms with Crippen LogP contribution in [0.3, 0.4) is 0 Å². The number of aromatic nitrogens is 2. The first-order valence-electron chi connectivity index (χ1n) is 8.87. The molecular formula is C21H18N4O3. The van der Waals surface area contributed by atoms with Gasteiger partial charge in [-0.1, -0.05) is 60.7 Å². The summed E-state index contributed by atoms with van der Waals surface area (Å²) < 4.78 is 0. The van der Waals surface area contributed by atoms with E-state index in [2.05, 4.69) is 20.5 Å². The summed E-state index contributed by atoms with van der Waals surface area (Å²) in [7, 11) is 0. The molecular weight excluding hydrogens is 356 g/mol. The van der Waals surface area contributed by atoms with Crippen LogP contribution in [0.15, 0.2) is 81.4 Å². The quantitative estimate of drug-likeness (QED) is 0.465. The molecule has 4 rings (SSSR count). The van der Waals surface area contributed by atoms with Crippen molar-refractivity contribution in [2.45, 2.75) is 11.8 Å².